The lowest BCUT2D eigenvalue weighted by atomic mass is 9.92. The Morgan fingerprint density at radius 2 is 1.46 bits per heavy atom. The van der Waals surface area contributed by atoms with E-state index >= 15 is 0 Å². The SMILES string of the molecule is CSCC[C@H](NC(=O)c1ccc(CCc2ccc(Oc3ccccc3)cc2)cc1-c1ccccc1C)C(=O)O. The van der Waals surface area contributed by atoms with E-state index in [1.807, 2.05) is 92.0 Å². The molecule has 0 aliphatic carbocycles. The summed E-state index contributed by atoms with van der Waals surface area (Å²) in [5.41, 5.74) is 5.59. The highest BCUT2D eigenvalue weighted by Crippen LogP contribution is 2.29. The number of carbonyl (C=O) groups excluding carboxylic acids is 1. The smallest absolute Gasteiger partial charge is 0.326 e. The number of amides is 1. The number of hydrogen-bond acceptors (Lipinski definition) is 4. The Morgan fingerprint density at radius 3 is 2.15 bits per heavy atom. The summed E-state index contributed by atoms with van der Waals surface area (Å²) < 4.78 is 5.90. The van der Waals surface area contributed by atoms with Crippen molar-refractivity contribution in [2.45, 2.75) is 32.2 Å². The maximum atomic E-state index is 13.3. The fourth-order valence-corrected chi connectivity index (χ4v) is 4.88. The van der Waals surface area contributed by atoms with Crippen molar-refractivity contribution >= 4 is 23.6 Å². The van der Waals surface area contributed by atoms with E-state index in [0.29, 0.717) is 17.7 Å². The average Bonchev–Trinajstić information content (AvgIpc) is 2.95. The van der Waals surface area contributed by atoms with Crippen LogP contribution in [0, 0.1) is 6.92 Å². The first-order valence-electron chi connectivity index (χ1n) is 13.0. The predicted octanol–water partition coefficient (Wildman–Crippen LogP) is 7.18. The maximum absolute atomic E-state index is 13.3. The molecule has 0 saturated heterocycles. The third kappa shape index (κ3) is 7.74. The number of ether oxygens (including phenoxy) is 1. The molecule has 0 unspecified atom stereocenters. The van der Waals surface area contributed by atoms with Crippen molar-refractivity contribution < 1.29 is 19.4 Å². The highest BCUT2D eigenvalue weighted by Gasteiger charge is 2.22. The fraction of sp³-hybridized carbons (Fsp3) is 0.212. The fourth-order valence-electron chi connectivity index (χ4n) is 4.41. The highest BCUT2D eigenvalue weighted by atomic mass is 32.2. The number of aliphatic carboxylic acids is 1. The van der Waals surface area contributed by atoms with E-state index in [4.69, 9.17) is 4.74 Å². The molecule has 0 heterocycles. The van der Waals surface area contributed by atoms with E-state index in [9.17, 15) is 14.7 Å². The molecular formula is C33H33NO4S. The van der Waals surface area contributed by atoms with Crippen LogP contribution in [-0.4, -0.2) is 35.0 Å². The normalized spacial score (nSPS) is 11.5. The summed E-state index contributed by atoms with van der Waals surface area (Å²) in [6, 6.07) is 30.6. The third-order valence-electron chi connectivity index (χ3n) is 6.58. The van der Waals surface area contributed by atoms with Crippen LogP contribution >= 0.6 is 11.8 Å². The van der Waals surface area contributed by atoms with Gasteiger partial charge in [-0.3, -0.25) is 4.79 Å². The molecule has 6 heteroatoms. The number of carboxylic acids is 1. The van der Waals surface area contributed by atoms with E-state index in [2.05, 4.69) is 23.5 Å². The molecule has 0 aliphatic heterocycles. The lowest BCUT2D eigenvalue weighted by Gasteiger charge is -2.18. The lowest BCUT2D eigenvalue weighted by molar-refractivity contribution is -0.139. The van der Waals surface area contributed by atoms with Crippen LogP contribution in [0.3, 0.4) is 0 Å². The first-order valence-corrected chi connectivity index (χ1v) is 14.4. The molecule has 4 aromatic carbocycles. The van der Waals surface area contributed by atoms with Gasteiger partial charge in [0.25, 0.3) is 5.91 Å². The van der Waals surface area contributed by atoms with E-state index in [1.54, 1.807) is 11.8 Å². The van der Waals surface area contributed by atoms with Crippen LogP contribution in [0.2, 0.25) is 0 Å². The van der Waals surface area contributed by atoms with Crippen molar-refractivity contribution in [3.8, 4) is 22.6 Å². The van der Waals surface area contributed by atoms with Gasteiger partial charge in [-0.1, -0.05) is 66.7 Å². The Labute approximate surface area is 234 Å². The number of carbonyl (C=O) groups is 2. The minimum absolute atomic E-state index is 0.370. The molecule has 0 aromatic heterocycles. The van der Waals surface area contributed by atoms with Crippen LogP contribution in [0.15, 0.2) is 97.1 Å². The van der Waals surface area contributed by atoms with Gasteiger partial charge < -0.3 is 15.2 Å². The number of thioether (sulfide) groups is 1. The highest BCUT2D eigenvalue weighted by molar-refractivity contribution is 7.98. The van der Waals surface area contributed by atoms with E-state index in [-0.39, 0.29) is 5.91 Å². The van der Waals surface area contributed by atoms with Gasteiger partial charge in [-0.15, -0.1) is 0 Å². The summed E-state index contributed by atoms with van der Waals surface area (Å²) in [7, 11) is 0. The molecule has 1 atom stereocenters. The number of rotatable bonds is 12. The minimum atomic E-state index is -1.02. The lowest BCUT2D eigenvalue weighted by Crippen LogP contribution is -2.41. The summed E-state index contributed by atoms with van der Waals surface area (Å²) in [4.78, 5) is 25.0. The first-order chi connectivity index (χ1) is 18.9. The number of carboxylic acid groups (broad SMARTS) is 1. The van der Waals surface area contributed by atoms with Gasteiger partial charge in [-0.25, -0.2) is 4.79 Å². The van der Waals surface area contributed by atoms with Crippen molar-refractivity contribution in [2.24, 2.45) is 0 Å². The van der Waals surface area contributed by atoms with Crippen molar-refractivity contribution in [3.05, 3.63) is 119 Å². The largest absolute Gasteiger partial charge is 0.480 e. The molecule has 0 aliphatic rings. The molecule has 0 saturated carbocycles. The third-order valence-corrected chi connectivity index (χ3v) is 7.23. The van der Waals surface area contributed by atoms with Crippen molar-refractivity contribution in [2.75, 3.05) is 12.0 Å². The second kappa shape index (κ2) is 13.7. The van der Waals surface area contributed by atoms with E-state index in [0.717, 1.165) is 46.6 Å². The maximum Gasteiger partial charge on any atom is 0.326 e. The molecule has 0 bridgehead atoms. The van der Waals surface area contributed by atoms with Gasteiger partial charge in [0.15, 0.2) is 0 Å². The van der Waals surface area contributed by atoms with Gasteiger partial charge in [0.1, 0.15) is 17.5 Å². The van der Waals surface area contributed by atoms with Gasteiger partial charge >= 0.3 is 5.97 Å². The molecule has 200 valence electrons. The molecule has 0 radical (unpaired) electrons. The van der Waals surface area contributed by atoms with Gasteiger partial charge in [0.05, 0.1) is 0 Å². The molecule has 4 aromatic rings. The summed E-state index contributed by atoms with van der Waals surface area (Å²) in [6.07, 6.45) is 3.92. The van der Waals surface area contributed by atoms with Gasteiger partial charge in [-0.05, 0) is 96.3 Å². The van der Waals surface area contributed by atoms with Crippen molar-refractivity contribution in [1.82, 2.24) is 5.32 Å². The standard InChI is InChI=1S/C33H33NO4S/c1-23-8-6-7-11-28(23)30-22-25(16-19-29(30)32(35)34-31(33(36)37)20-21-39-2)13-12-24-14-17-27(18-15-24)38-26-9-4-3-5-10-26/h3-11,14-19,22,31H,12-13,20-21H2,1-2H3,(H,34,35)(H,36,37)/t31-/m0/s1. The summed E-state index contributed by atoms with van der Waals surface area (Å²) in [5, 5.41) is 12.3. The Balaban J connectivity index is 1.52. The topological polar surface area (TPSA) is 75.6 Å². The van der Waals surface area contributed by atoms with Crippen LogP contribution in [0.4, 0.5) is 0 Å². The summed E-state index contributed by atoms with van der Waals surface area (Å²) >= 11 is 1.56. The Kier molecular flexibility index (Phi) is 9.81. The van der Waals surface area contributed by atoms with Crippen molar-refractivity contribution in [1.29, 1.82) is 0 Å². The zero-order chi connectivity index (χ0) is 27.6. The van der Waals surface area contributed by atoms with E-state index in [1.165, 1.54) is 5.56 Å². The zero-order valence-corrected chi connectivity index (χ0v) is 23.0. The van der Waals surface area contributed by atoms with Gasteiger partial charge in [0.2, 0.25) is 0 Å². The number of nitrogens with one attached hydrogen (secondary N) is 1. The van der Waals surface area contributed by atoms with Crippen LogP contribution in [0.5, 0.6) is 11.5 Å². The zero-order valence-electron chi connectivity index (χ0n) is 22.2. The van der Waals surface area contributed by atoms with Gasteiger partial charge in [0, 0.05) is 5.56 Å². The molecule has 2 N–H and O–H groups in total. The number of aryl methyl sites for hydroxylation is 3. The molecule has 39 heavy (non-hydrogen) atoms. The van der Waals surface area contributed by atoms with E-state index < -0.39 is 12.0 Å². The van der Waals surface area contributed by atoms with Crippen LogP contribution in [0.25, 0.3) is 11.1 Å². The Hall–Kier alpha value is -4.03. The second-order valence-electron chi connectivity index (χ2n) is 9.40. The second-order valence-corrected chi connectivity index (χ2v) is 10.4. The predicted molar refractivity (Wildman–Crippen MR) is 159 cm³/mol. The monoisotopic (exact) mass is 539 g/mol. The minimum Gasteiger partial charge on any atom is -0.480 e. The van der Waals surface area contributed by atoms with Crippen molar-refractivity contribution in [3.63, 3.8) is 0 Å². The average molecular weight is 540 g/mol. The van der Waals surface area contributed by atoms with Crippen LogP contribution < -0.4 is 10.1 Å². The number of benzene rings is 4. The first kappa shape index (κ1) is 28.0. The Morgan fingerprint density at radius 1 is 0.821 bits per heavy atom. The summed E-state index contributed by atoms with van der Waals surface area (Å²) in [5.74, 6) is 0.852. The molecule has 5 nitrogen and oxygen atoms in total. The van der Waals surface area contributed by atoms with Crippen LogP contribution in [0.1, 0.15) is 33.5 Å². The number of hydrogen-bond donors (Lipinski definition) is 2. The molecular weight excluding hydrogens is 506 g/mol. The summed E-state index contributed by atoms with van der Waals surface area (Å²) in [6.45, 7) is 2.02. The number of para-hydroxylation sites is 1. The molecule has 0 spiro atoms. The quantitative estimate of drug-likeness (QED) is 0.200. The molecule has 0 fully saturated rings. The molecule has 4 rings (SSSR count). The van der Waals surface area contributed by atoms with Crippen LogP contribution in [-0.2, 0) is 17.6 Å². The van der Waals surface area contributed by atoms with Gasteiger partial charge in [-0.2, -0.15) is 11.8 Å². The molecule has 1 amide bonds. The Bertz CT molecular complexity index is 1400.